The van der Waals surface area contributed by atoms with Gasteiger partial charge in [-0.3, -0.25) is 9.59 Å². The molecule has 0 fully saturated rings. The van der Waals surface area contributed by atoms with Crippen molar-refractivity contribution in [2.75, 3.05) is 18.5 Å². The van der Waals surface area contributed by atoms with E-state index < -0.39 is 17.9 Å². The predicted octanol–water partition coefficient (Wildman–Crippen LogP) is 2.26. The van der Waals surface area contributed by atoms with Gasteiger partial charge in [0.05, 0.1) is 12.7 Å². The molecule has 0 radical (unpaired) electrons. The Balaban J connectivity index is 1.75. The molecule has 0 bridgehead atoms. The van der Waals surface area contributed by atoms with Crippen molar-refractivity contribution in [3.8, 4) is 5.75 Å². The summed E-state index contributed by atoms with van der Waals surface area (Å²) in [6, 6.07) is 15.9. The van der Waals surface area contributed by atoms with Gasteiger partial charge in [-0.05, 0) is 43.2 Å². The maximum absolute atomic E-state index is 11.9. The summed E-state index contributed by atoms with van der Waals surface area (Å²) in [5.41, 5.74) is 1.28. The molecule has 3 N–H and O–H groups in total. The number of aliphatic hydroxyl groups excluding tert-OH is 1. The average Bonchev–Trinajstić information content (AvgIpc) is 2.64. The molecule has 25 heavy (non-hydrogen) atoms. The second-order valence-corrected chi connectivity index (χ2v) is 5.38. The normalized spacial score (nSPS) is 11.4. The standard InChI is InChI=1S/C19H22N2O4/c1-2-25-16-10-8-15(9-11-16)21-19(24)18(23)20-13-12-17(22)14-6-4-3-5-7-14/h3-11,17,22H,2,12-13H2,1H3,(H,20,23)(H,21,24). The number of benzene rings is 2. The van der Waals surface area contributed by atoms with Crippen LogP contribution in [0.1, 0.15) is 25.0 Å². The smallest absolute Gasteiger partial charge is 0.313 e. The van der Waals surface area contributed by atoms with Gasteiger partial charge >= 0.3 is 11.8 Å². The molecule has 132 valence electrons. The predicted molar refractivity (Wildman–Crippen MR) is 95.3 cm³/mol. The van der Waals surface area contributed by atoms with Crippen molar-refractivity contribution in [2.45, 2.75) is 19.4 Å². The number of amides is 2. The number of carbonyl (C=O) groups excluding carboxylic acids is 2. The zero-order valence-electron chi connectivity index (χ0n) is 14.1. The first-order valence-electron chi connectivity index (χ1n) is 8.15. The Labute approximate surface area is 146 Å². The fourth-order valence-corrected chi connectivity index (χ4v) is 2.23. The minimum Gasteiger partial charge on any atom is -0.494 e. The first-order valence-corrected chi connectivity index (χ1v) is 8.15. The van der Waals surface area contributed by atoms with Crippen LogP contribution in [0.5, 0.6) is 5.75 Å². The van der Waals surface area contributed by atoms with E-state index in [0.29, 0.717) is 24.5 Å². The van der Waals surface area contributed by atoms with Crippen molar-refractivity contribution in [2.24, 2.45) is 0 Å². The van der Waals surface area contributed by atoms with Crippen LogP contribution >= 0.6 is 0 Å². The molecule has 6 nitrogen and oxygen atoms in total. The van der Waals surface area contributed by atoms with Crippen molar-refractivity contribution >= 4 is 17.5 Å². The lowest BCUT2D eigenvalue weighted by atomic mass is 10.1. The molecule has 2 aromatic carbocycles. The van der Waals surface area contributed by atoms with Gasteiger partial charge in [0.1, 0.15) is 5.75 Å². The number of aliphatic hydroxyl groups is 1. The number of hydrogen-bond acceptors (Lipinski definition) is 4. The van der Waals surface area contributed by atoms with Gasteiger partial charge in [-0.2, -0.15) is 0 Å². The Morgan fingerprint density at radius 3 is 2.36 bits per heavy atom. The zero-order chi connectivity index (χ0) is 18.1. The second kappa shape index (κ2) is 9.44. The van der Waals surface area contributed by atoms with E-state index >= 15 is 0 Å². The lowest BCUT2D eigenvalue weighted by Crippen LogP contribution is -2.36. The molecule has 2 aromatic rings. The largest absolute Gasteiger partial charge is 0.494 e. The van der Waals surface area contributed by atoms with E-state index in [2.05, 4.69) is 10.6 Å². The van der Waals surface area contributed by atoms with Crippen LogP contribution in [-0.2, 0) is 9.59 Å². The number of ether oxygens (including phenoxy) is 1. The van der Waals surface area contributed by atoms with E-state index in [4.69, 9.17) is 4.74 Å². The van der Waals surface area contributed by atoms with E-state index in [1.165, 1.54) is 0 Å². The van der Waals surface area contributed by atoms with E-state index in [9.17, 15) is 14.7 Å². The molecule has 0 saturated heterocycles. The van der Waals surface area contributed by atoms with Gasteiger partial charge in [0.2, 0.25) is 0 Å². The monoisotopic (exact) mass is 342 g/mol. The molecule has 2 amide bonds. The first-order chi connectivity index (χ1) is 12.1. The molecule has 1 unspecified atom stereocenters. The molecule has 0 aliphatic carbocycles. The van der Waals surface area contributed by atoms with Crippen LogP contribution in [0.15, 0.2) is 54.6 Å². The molecule has 0 heterocycles. The third kappa shape index (κ3) is 5.93. The van der Waals surface area contributed by atoms with Gasteiger partial charge in [0.15, 0.2) is 0 Å². The lowest BCUT2D eigenvalue weighted by Gasteiger charge is -2.11. The molecule has 1 atom stereocenters. The minimum absolute atomic E-state index is 0.200. The molecule has 0 aliphatic heterocycles. The summed E-state index contributed by atoms with van der Waals surface area (Å²) >= 11 is 0. The number of hydrogen-bond donors (Lipinski definition) is 3. The average molecular weight is 342 g/mol. The summed E-state index contributed by atoms with van der Waals surface area (Å²) in [7, 11) is 0. The number of nitrogens with one attached hydrogen (secondary N) is 2. The zero-order valence-corrected chi connectivity index (χ0v) is 14.1. The molecule has 0 aliphatic rings. The molecular weight excluding hydrogens is 320 g/mol. The highest BCUT2D eigenvalue weighted by Gasteiger charge is 2.14. The summed E-state index contributed by atoms with van der Waals surface area (Å²) in [5.74, 6) is -0.799. The van der Waals surface area contributed by atoms with Crippen molar-refractivity contribution < 1.29 is 19.4 Å². The fraction of sp³-hybridized carbons (Fsp3) is 0.263. The van der Waals surface area contributed by atoms with Crippen molar-refractivity contribution in [3.63, 3.8) is 0 Å². The summed E-state index contributed by atoms with van der Waals surface area (Å²) in [6.45, 7) is 2.64. The molecular formula is C19H22N2O4. The van der Waals surface area contributed by atoms with E-state index in [0.717, 1.165) is 5.56 Å². The van der Waals surface area contributed by atoms with E-state index in [1.54, 1.807) is 24.3 Å². The maximum Gasteiger partial charge on any atom is 0.313 e. The Bertz CT molecular complexity index is 686. The molecule has 2 rings (SSSR count). The quantitative estimate of drug-likeness (QED) is 0.674. The third-order valence-electron chi connectivity index (χ3n) is 3.52. The van der Waals surface area contributed by atoms with Gasteiger partial charge in [-0.25, -0.2) is 0 Å². The van der Waals surface area contributed by atoms with Gasteiger partial charge in [-0.1, -0.05) is 30.3 Å². The SMILES string of the molecule is CCOc1ccc(NC(=O)C(=O)NCCC(O)c2ccccc2)cc1. The summed E-state index contributed by atoms with van der Waals surface area (Å²) in [5, 5.41) is 15.0. The van der Waals surface area contributed by atoms with Gasteiger partial charge in [0.25, 0.3) is 0 Å². The van der Waals surface area contributed by atoms with Gasteiger partial charge in [0, 0.05) is 12.2 Å². The van der Waals surface area contributed by atoms with Crippen LogP contribution < -0.4 is 15.4 Å². The van der Waals surface area contributed by atoms with Crippen LogP contribution in [0, 0.1) is 0 Å². The number of carbonyl (C=O) groups is 2. The van der Waals surface area contributed by atoms with E-state index in [-0.39, 0.29) is 6.54 Å². The van der Waals surface area contributed by atoms with Gasteiger partial charge < -0.3 is 20.5 Å². The molecule has 0 aromatic heterocycles. The Kier molecular flexibility index (Phi) is 6.98. The van der Waals surface area contributed by atoms with E-state index in [1.807, 2.05) is 37.3 Å². The minimum atomic E-state index is -0.752. The number of rotatable bonds is 7. The van der Waals surface area contributed by atoms with Crippen molar-refractivity contribution in [1.82, 2.24) is 5.32 Å². The van der Waals surface area contributed by atoms with Gasteiger partial charge in [-0.15, -0.1) is 0 Å². The maximum atomic E-state index is 11.9. The molecule has 6 heteroatoms. The fourth-order valence-electron chi connectivity index (χ4n) is 2.23. The molecule has 0 spiro atoms. The lowest BCUT2D eigenvalue weighted by molar-refractivity contribution is -0.136. The van der Waals surface area contributed by atoms with Crippen LogP contribution in [-0.4, -0.2) is 30.1 Å². The molecule has 0 saturated carbocycles. The van der Waals surface area contributed by atoms with Crippen LogP contribution in [0.2, 0.25) is 0 Å². The summed E-state index contributed by atoms with van der Waals surface area (Å²) in [4.78, 5) is 23.7. The first kappa shape index (κ1) is 18.5. The summed E-state index contributed by atoms with van der Waals surface area (Å²) < 4.78 is 5.31. The highest BCUT2D eigenvalue weighted by atomic mass is 16.5. The third-order valence-corrected chi connectivity index (χ3v) is 3.52. The van der Waals surface area contributed by atoms with Crippen LogP contribution in [0.4, 0.5) is 5.69 Å². The Morgan fingerprint density at radius 2 is 1.72 bits per heavy atom. The Hall–Kier alpha value is -2.86. The number of anilines is 1. The van der Waals surface area contributed by atoms with Crippen LogP contribution in [0.3, 0.4) is 0 Å². The second-order valence-electron chi connectivity index (χ2n) is 5.38. The van der Waals surface area contributed by atoms with Crippen molar-refractivity contribution in [1.29, 1.82) is 0 Å². The van der Waals surface area contributed by atoms with Crippen molar-refractivity contribution in [3.05, 3.63) is 60.2 Å². The van der Waals surface area contributed by atoms with Crippen LogP contribution in [0.25, 0.3) is 0 Å². The highest BCUT2D eigenvalue weighted by molar-refractivity contribution is 6.39. The topological polar surface area (TPSA) is 87.7 Å². The summed E-state index contributed by atoms with van der Waals surface area (Å²) in [6.07, 6.45) is -0.359. The highest BCUT2D eigenvalue weighted by Crippen LogP contribution is 2.16. The Morgan fingerprint density at radius 1 is 1.04 bits per heavy atom.